The first-order chi connectivity index (χ1) is 12.1. The zero-order chi connectivity index (χ0) is 17.6. The van der Waals surface area contributed by atoms with Crippen LogP contribution in [0.4, 0.5) is 5.69 Å². The molecule has 0 saturated carbocycles. The maximum atomic E-state index is 11.9. The number of benzene rings is 2. The van der Waals surface area contributed by atoms with Crippen LogP contribution in [-0.4, -0.2) is 18.4 Å². The Morgan fingerprint density at radius 3 is 2.64 bits per heavy atom. The zero-order valence-electron chi connectivity index (χ0n) is 14.0. The average Bonchev–Trinajstić information content (AvgIpc) is 3.01. The van der Waals surface area contributed by atoms with Crippen LogP contribution in [0.3, 0.4) is 0 Å². The molecular weight excluding hydrogens is 316 g/mol. The monoisotopic (exact) mass is 336 g/mol. The Morgan fingerprint density at radius 1 is 1.00 bits per heavy atom. The fourth-order valence-corrected chi connectivity index (χ4v) is 2.62. The lowest BCUT2D eigenvalue weighted by Crippen LogP contribution is -2.36. The summed E-state index contributed by atoms with van der Waals surface area (Å²) in [5.41, 5.74) is 2.49. The number of carbonyl (C=O) groups is 2. The van der Waals surface area contributed by atoms with Gasteiger partial charge in [0.1, 0.15) is 11.3 Å². The van der Waals surface area contributed by atoms with Crippen LogP contribution in [0.1, 0.15) is 17.7 Å². The summed E-state index contributed by atoms with van der Waals surface area (Å²) in [6.07, 6.45) is 1.40. The number of anilines is 1. The highest BCUT2D eigenvalue weighted by atomic mass is 16.3. The van der Waals surface area contributed by atoms with Crippen molar-refractivity contribution in [2.24, 2.45) is 0 Å². The molecule has 0 radical (unpaired) electrons. The highest BCUT2D eigenvalue weighted by Gasteiger charge is 2.13. The second-order valence-electron chi connectivity index (χ2n) is 5.93. The van der Waals surface area contributed by atoms with E-state index < -0.39 is 11.8 Å². The number of fused-ring (bicyclic) bond motifs is 1. The van der Waals surface area contributed by atoms with Crippen molar-refractivity contribution in [3.8, 4) is 0 Å². The molecular formula is C20H20N2O3. The molecule has 2 aromatic carbocycles. The number of carbonyl (C=O) groups excluding carboxylic acids is 2. The quantitative estimate of drug-likeness (QED) is 0.554. The summed E-state index contributed by atoms with van der Waals surface area (Å²) in [6, 6.07) is 17.1. The van der Waals surface area contributed by atoms with Crippen LogP contribution in [0, 0.1) is 6.92 Å². The van der Waals surface area contributed by atoms with Crippen molar-refractivity contribution in [2.75, 3.05) is 11.9 Å². The van der Waals surface area contributed by atoms with E-state index in [9.17, 15) is 9.59 Å². The molecule has 0 fully saturated rings. The highest BCUT2D eigenvalue weighted by molar-refractivity contribution is 6.39. The highest BCUT2D eigenvalue weighted by Crippen LogP contribution is 2.19. The van der Waals surface area contributed by atoms with Crippen molar-refractivity contribution in [3.05, 3.63) is 65.9 Å². The maximum Gasteiger partial charge on any atom is 0.313 e. The number of amides is 2. The van der Waals surface area contributed by atoms with Crippen LogP contribution in [0.25, 0.3) is 11.0 Å². The molecule has 3 aromatic rings. The molecule has 0 unspecified atom stereocenters. The van der Waals surface area contributed by atoms with Crippen LogP contribution >= 0.6 is 0 Å². The maximum absolute atomic E-state index is 11.9. The fourth-order valence-electron chi connectivity index (χ4n) is 2.62. The SMILES string of the molecule is Cc1cccc(NC(=O)C(=O)NCCCc2cc3ccccc3o2)c1. The standard InChI is InChI=1S/C20H20N2O3/c1-14-6-4-8-16(12-14)22-20(24)19(23)21-11-5-9-17-13-15-7-2-3-10-18(15)25-17/h2-4,6-8,10,12-13H,5,9,11H2,1H3,(H,21,23)(H,22,24). The summed E-state index contributed by atoms with van der Waals surface area (Å²) in [5, 5.41) is 6.29. The third-order valence-electron chi connectivity index (χ3n) is 3.84. The van der Waals surface area contributed by atoms with Gasteiger partial charge in [-0.05, 0) is 43.2 Å². The van der Waals surface area contributed by atoms with Crippen molar-refractivity contribution >= 4 is 28.5 Å². The molecule has 0 spiro atoms. The van der Waals surface area contributed by atoms with Gasteiger partial charge < -0.3 is 15.1 Å². The average molecular weight is 336 g/mol. The second-order valence-corrected chi connectivity index (χ2v) is 5.93. The second kappa shape index (κ2) is 7.66. The molecule has 0 bridgehead atoms. The predicted molar refractivity (Wildman–Crippen MR) is 97.4 cm³/mol. The molecule has 0 atom stereocenters. The van der Waals surface area contributed by atoms with E-state index in [-0.39, 0.29) is 0 Å². The summed E-state index contributed by atoms with van der Waals surface area (Å²) < 4.78 is 5.72. The molecule has 25 heavy (non-hydrogen) atoms. The van der Waals surface area contributed by atoms with Crippen LogP contribution in [0.2, 0.25) is 0 Å². The summed E-state index contributed by atoms with van der Waals surface area (Å²) in [6.45, 7) is 2.34. The number of para-hydroxylation sites is 1. The van der Waals surface area contributed by atoms with Gasteiger partial charge in [-0.2, -0.15) is 0 Å². The third kappa shape index (κ3) is 4.47. The van der Waals surface area contributed by atoms with Crippen molar-refractivity contribution in [3.63, 3.8) is 0 Å². The molecule has 1 heterocycles. The first kappa shape index (κ1) is 16.8. The van der Waals surface area contributed by atoms with Crippen LogP contribution < -0.4 is 10.6 Å². The van der Waals surface area contributed by atoms with Gasteiger partial charge in [0.05, 0.1) is 0 Å². The van der Waals surface area contributed by atoms with Crippen LogP contribution in [0.15, 0.2) is 59.0 Å². The number of hydrogen-bond donors (Lipinski definition) is 2. The van der Waals surface area contributed by atoms with Crippen molar-refractivity contribution in [1.82, 2.24) is 5.32 Å². The van der Waals surface area contributed by atoms with Gasteiger partial charge in [-0.3, -0.25) is 9.59 Å². The van der Waals surface area contributed by atoms with E-state index in [1.807, 2.05) is 55.5 Å². The van der Waals surface area contributed by atoms with E-state index in [1.165, 1.54) is 0 Å². The predicted octanol–water partition coefficient (Wildman–Crippen LogP) is 3.43. The van der Waals surface area contributed by atoms with Gasteiger partial charge in [0.2, 0.25) is 0 Å². The van der Waals surface area contributed by atoms with Gasteiger partial charge >= 0.3 is 11.8 Å². The van der Waals surface area contributed by atoms with Crippen molar-refractivity contribution in [2.45, 2.75) is 19.8 Å². The Hall–Kier alpha value is -3.08. The normalized spacial score (nSPS) is 10.6. The molecule has 0 saturated heterocycles. The topological polar surface area (TPSA) is 71.3 Å². The Bertz CT molecular complexity index is 866. The molecule has 2 amide bonds. The Kier molecular flexibility index (Phi) is 5.14. The number of aryl methyl sites for hydroxylation is 2. The van der Waals surface area contributed by atoms with E-state index in [4.69, 9.17) is 4.42 Å². The van der Waals surface area contributed by atoms with Gasteiger partial charge in [-0.1, -0.05) is 30.3 Å². The number of rotatable bonds is 5. The van der Waals surface area contributed by atoms with E-state index in [2.05, 4.69) is 10.6 Å². The molecule has 128 valence electrons. The summed E-state index contributed by atoms with van der Waals surface area (Å²) in [5.74, 6) is -0.417. The molecule has 5 nitrogen and oxygen atoms in total. The van der Waals surface area contributed by atoms with E-state index in [0.29, 0.717) is 25.1 Å². The van der Waals surface area contributed by atoms with Gasteiger partial charge in [0, 0.05) is 24.0 Å². The molecule has 3 rings (SSSR count). The lowest BCUT2D eigenvalue weighted by atomic mass is 10.2. The molecule has 1 aromatic heterocycles. The van der Waals surface area contributed by atoms with Crippen molar-refractivity contribution < 1.29 is 14.0 Å². The first-order valence-corrected chi connectivity index (χ1v) is 8.25. The lowest BCUT2D eigenvalue weighted by molar-refractivity contribution is -0.136. The Morgan fingerprint density at radius 2 is 1.84 bits per heavy atom. The Balaban J connectivity index is 1.43. The molecule has 0 aliphatic carbocycles. The summed E-state index contributed by atoms with van der Waals surface area (Å²) in [7, 11) is 0. The minimum absolute atomic E-state index is 0.414. The van der Waals surface area contributed by atoms with E-state index in [1.54, 1.807) is 6.07 Å². The molecule has 0 aliphatic rings. The third-order valence-corrected chi connectivity index (χ3v) is 3.84. The zero-order valence-corrected chi connectivity index (χ0v) is 14.0. The minimum atomic E-state index is -0.658. The van der Waals surface area contributed by atoms with E-state index >= 15 is 0 Å². The molecule has 5 heteroatoms. The summed E-state index contributed by atoms with van der Waals surface area (Å²) >= 11 is 0. The minimum Gasteiger partial charge on any atom is -0.461 e. The van der Waals surface area contributed by atoms with Gasteiger partial charge in [-0.15, -0.1) is 0 Å². The van der Waals surface area contributed by atoms with Gasteiger partial charge in [-0.25, -0.2) is 0 Å². The smallest absolute Gasteiger partial charge is 0.313 e. The number of hydrogen-bond acceptors (Lipinski definition) is 3. The molecule has 0 aliphatic heterocycles. The largest absolute Gasteiger partial charge is 0.461 e. The first-order valence-electron chi connectivity index (χ1n) is 8.25. The number of furan rings is 1. The lowest BCUT2D eigenvalue weighted by Gasteiger charge is -2.06. The van der Waals surface area contributed by atoms with E-state index in [0.717, 1.165) is 22.3 Å². The van der Waals surface area contributed by atoms with Gasteiger partial charge in [0.25, 0.3) is 0 Å². The molecule has 2 N–H and O–H groups in total. The van der Waals surface area contributed by atoms with Gasteiger partial charge in [0.15, 0.2) is 0 Å². The van der Waals surface area contributed by atoms with Crippen LogP contribution in [0.5, 0.6) is 0 Å². The number of nitrogens with one attached hydrogen (secondary N) is 2. The Labute approximate surface area is 146 Å². The van der Waals surface area contributed by atoms with Crippen LogP contribution in [-0.2, 0) is 16.0 Å². The summed E-state index contributed by atoms with van der Waals surface area (Å²) in [4.78, 5) is 23.7. The fraction of sp³-hybridized carbons (Fsp3) is 0.200. The van der Waals surface area contributed by atoms with Crippen molar-refractivity contribution in [1.29, 1.82) is 0 Å².